The second kappa shape index (κ2) is 47.4. The minimum absolute atomic E-state index is 0.341. The molecule has 1 N–H and O–H groups in total. The fraction of sp³-hybridized carbons (Fsp3) is 0.978. The fourth-order valence-corrected chi connectivity index (χ4v) is 7.11. The number of rotatable bonds is 41. The summed E-state index contributed by atoms with van der Waals surface area (Å²) in [6.45, 7) is 14.2. The maximum Gasteiger partial charge on any atom is 0.293 e. The highest BCUT2D eigenvalue weighted by Crippen LogP contribution is 2.24. The molecule has 0 aliphatic carbocycles. The molecule has 0 radical (unpaired) electrons. The van der Waals surface area contributed by atoms with Crippen LogP contribution in [0.1, 0.15) is 246 Å². The predicted molar refractivity (Wildman–Crippen MR) is 219 cm³/mol. The molecule has 0 aromatic heterocycles. The standard InChI is InChI=1S/C36H75NO.C9H18O2/c1-4-7-10-13-16-18-20-23-26-32-37(34-28-35-38)33-27-31-36(29-24-21-15-12-9-6-3)30-25-22-19-17-14-11-8-5-2;1-2-3-4-5-6-7-8-11-9-10/h36,38H,4-35H2,1-3H3;9H,2-8H2,1H3. The van der Waals surface area contributed by atoms with E-state index in [-0.39, 0.29) is 0 Å². The highest BCUT2D eigenvalue weighted by molar-refractivity contribution is 5.36. The van der Waals surface area contributed by atoms with Gasteiger partial charge in [0.1, 0.15) is 0 Å². The summed E-state index contributed by atoms with van der Waals surface area (Å²) < 4.78 is 4.56. The lowest BCUT2D eigenvalue weighted by Crippen LogP contribution is -2.28. The average molecular weight is 696 g/mol. The van der Waals surface area contributed by atoms with Crippen LogP contribution < -0.4 is 0 Å². The first-order valence-electron chi connectivity index (χ1n) is 22.6. The van der Waals surface area contributed by atoms with E-state index in [0.717, 1.165) is 25.3 Å². The van der Waals surface area contributed by atoms with Crippen LogP contribution in [0.15, 0.2) is 0 Å². The van der Waals surface area contributed by atoms with Crippen LogP contribution in [0.5, 0.6) is 0 Å². The van der Waals surface area contributed by atoms with Gasteiger partial charge in [-0.1, -0.05) is 214 Å². The summed E-state index contributed by atoms with van der Waals surface area (Å²) in [5.41, 5.74) is 0. The number of aliphatic hydroxyl groups excluding tert-OH is 1. The summed E-state index contributed by atoms with van der Waals surface area (Å²) in [4.78, 5) is 12.4. The lowest BCUT2D eigenvalue weighted by Gasteiger charge is -2.24. The van der Waals surface area contributed by atoms with E-state index in [1.165, 1.54) is 219 Å². The minimum Gasteiger partial charge on any atom is -0.468 e. The van der Waals surface area contributed by atoms with E-state index in [1.54, 1.807) is 0 Å². The first-order chi connectivity index (χ1) is 24.2. The molecule has 4 nitrogen and oxygen atoms in total. The third kappa shape index (κ3) is 45.4. The van der Waals surface area contributed by atoms with Gasteiger partial charge in [-0.2, -0.15) is 0 Å². The number of hydrogen-bond acceptors (Lipinski definition) is 4. The van der Waals surface area contributed by atoms with Crippen LogP contribution in [0.2, 0.25) is 0 Å². The van der Waals surface area contributed by atoms with Crippen LogP contribution in [-0.2, 0) is 9.53 Å². The summed E-state index contributed by atoms with van der Waals surface area (Å²) in [6, 6.07) is 0. The number of carbonyl (C=O) groups excluding carboxylic acids is 1. The topological polar surface area (TPSA) is 49.8 Å². The quantitative estimate of drug-likeness (QED) is 0.0511. The first kappa shape index (κ1) is 50.5. The van der Waals surface area contributed by atoms with E-state index in [0.29, 0.717) is 19.7 Å². The zero-order valence-corrected chi connectivity index (χ0v) is 34.4. The molecular weight excluding hydrogens is 602 g/mol. The Morgan fingerprint density at radius 3 is 1.16 bits per heavy atom. The second-order valence-corrected chi connectivity index (χ2v) is 15.3. The van der Waals surface area contributed by atoms with Crippen molar-refractivity contribution in [2.75, 3.05) is 32.8 Å². The summed E-state index contributed by atoms with van der Waals surface area (Å²) >= 11 is 0. The maximum atomic E-state index is 9.72. The Morgan fingerprint density at radius 2 is 0.755 bits per heavy atom. The van der Waals surface area contributed by atoms with Crippen LogP contribution in [-0.4, -0.2) is 49.3 Å². The van der Waals surface area contributed by atoms with Gasteiger partial charge in [-0.15, -0.1) is 0 Å². The third-order valence-electron chi connectivity index (χ3n) is 10.4. The predicted octanol–water partition coefficient (Wildman–Crippen LogP) is 14.4. The first-order valence-corrected chi connectivity index (χ1v) is 22.6. The molecular formula is C45H93NO3. The van der Waals surface area contributed by atoms with Gasteiger partial charge in [0.25, 0.3) is 6.47 Å². The average Bonchev–Trinajstić information content (AvgIpc) is 3.11. The van der Waals surface area contributed by atoms with Crippen LogP contribution in [0.3, 0.4) is 0 Å². The lowest BCUT2D eigenvalue weighted by atomic mass is 9.90. The van der Waals surface area contributed by atoms with E-state index in [9.17, 15) is 9.90 Å². The molecule has 0 saturated carbocycles. The van der Waals surface area contributed by atoms with Crippen molar-refractivity contribution in [3.05, 3.63) is 0 Å². The molecule has 0 rings (SSSR count). The van der Waals surface area contributed by atoms with Crippen molar-refractivity contribution >= 4 is 6.47 Å². The van der Waals surface area contributed by atoms with Gasteiger partial charge in [-0.05, 0) is 51.1 Å². The van der Waals surface area contributed by atoms with Crippen LogP contribution in [0.25, 0.3) is 0 Å². The molecule has 0 fully saturated rings. The van der Waals surface area contributed by atoms with Crippen LogP contribution in [0, 0.1) is 5.92 Å². The molecule has 1 atom stereocenters. The number of unbranched alkanes of at least 4 members (excludes halogenated alkanes) is 25. The molecule has 4 heteroatoms. The van der Waals surface area contributed by atoms with Crippen molar-refractivity contribution in [1.82, 2.24) is 4.90 Å². The van der Waals surface area contributed by atoms with Gasteiger partial charge in [0.05, 0.1) is 6.61 Å². The molecule has 296 valence electrons. The number of ether oxygens (including phenoxy) is 1. The number of carbonyl (C=O) groups is 1. The summed E-state index contributed by atoms with van der Waals surface area (Å²) in [6.07, 6.45) is 46.8. The molecule has 0 aliphatic heterocycles. The van der Waals surface area contributed by atoms with E-state index in [2.05, 4.69) is 37.3 Å². The molecule has 0 aromatic rings. The zero-order chi connectivity index (χ0) is 36.1. The Morgan fingerprint density at radius 1 is 0.429 bits per heavy atom. The Balaban J connectivity index is 0. The lowest BCUT2D eigenvalue weighted by molar-refractivity contribution is -0.128. The van der Waals surface area contributed by atoms with Gasteiger partial charge < -0.3 is 14.7 Å². The maximum absolute atomic E-state index is 9.72. The molecule has 1 unspecified atom stereocenters. The van der Waals surface area contributed by atoms with E-state index in [1.807, 2.05) is 0 Å². The second-order valence-electron chi connectivity index (χ2n) is 15.3. The number of aliphatic hydroxyl groups is 1. The zero-order valence-electron chi connectivity index (χ0n) is 34.4. The number of hydrogen-bond donors (Lipinski definition) is 1. The molecule has 0 bridgehead atoms. The van der Waals surface area contributed by atoms with Crippen molar-refractivity contribution in [3.63, 3.8) is 0 Å². The molecule has 0 spiro atoms. The molecule has 0 saturated heterocycles. The summed E-state index contributed by atoms with van der Waals surface area (Å²) in [5.74, 6) is 0.952. The smallest absolute Gasteiger partial charge is 0.293 e. The largest absolute Gasteiger partial charge is 0.468 e. The Hall–Kier alpha value is -0.610. The SMILES string of the molecule is CCCCCCCCCCCN(CCCO)CCCC(CCCCCCCC)CCCCCCCCCC.CCCCCCCCOC=O. The van der Waals surface area contributed by atoms with Gasteiger partial charge in [-0.25, -0.2) is 0 Å². The van der Waals surface area contributed by atoms with Crippen molar-refractivity contribution in [2.45, 2.75) is 246 Å². The van der Waals surface area contributed by atoms with Crippen LogP contribution in [0.4, 0.5) is 0 Å². The summed E-state index contributed by atoms with van der Waals surface area (Å²) in [7, 11) is 0. The van der Waals surface area contributed by atoms with Crippen LogP contribution >= 0.6 is 0 Å². The van der Waals surface area contributed by atoms with Gasteiger partial charge in [0, 0.05) is 13.2 Å². The third-order valence-corrected chi connectivity index (χ3v) is 10.4. The van der Waals surface area contributed by atoms with Gasteiger partial charge >= 0.3 is 0 Å². The fourth-order valence-electron chi connectivity index (χ4n) is 7.11. The Kier molecular flexibility index (Phi) is 48.8. The normalized spacial score (nSPS) is 11.9. The van der Waals surface area contributed by atoms with Gasteiger partial charge in [0.2, 0.25) is 0 Å². The minimum atomic E-state index is 0.341. The van der Waals surface area contributed by atoms with Crippen molar-refractivity contribution in [1.29, 1.82) is 0 Å². The molecule has 0 amide bonds. The highest BCUT2D eigenvalue weighted by atomic mass is 16.5. The van der Waals surface area contributed by atoms with E-state index < -0.39 is 0 Å². The highest BCUT2D eigenvalue weighted by Gasteiger charge is 2.11. The molecule has 0 aromatic carbocycles. The van der Waals surface area contributed by atoms with Crippen molar-refractivity contribution in [3.8, 4) is 0 Å². The molecule has 49 heavy (non-hydrogen) atoms. The van der Waals surface area contributed by atoms with E-state index >= 15 is 0 Å². The van der Waals surface area contributed by atoms with Gasteiger partial charge in [0.15, 0.2) is 0 Å². The monoisotopic (exact) mass is 696 g/mol. The van der Waals surface area contributed by atoms with Crippen molar-refractivity contribution < 1.29 is 14.6 Å². The Labute approximate surface area is 310 Å². The molecule has 0 aliphatic rings. The molecule has 0 heterocycles. The van der Waals surface area contributed by atoms with Crippen molar-refractivity contribution in [2.24, 2.45) is 5.92 Å². The summed E-state index contributed by atoms with van der Waals surface area (Å²) in [5, 5.41) is 9.41. The number of nitrogens with zero attached hydrogens (tertiary/aromatic N) is 1. The van der Waals surface area contributed by atoms with E-state index in [4.69, 9.17) is 0 Å². The van der Waals surface area contributed by atoms with Gasteiger partial charge in [-0.3, -0.25) is 4.79 Å². The Bertz CT molecular complexity index is 571.